The average Bonchev–Trinajstić information content (AvgIpc) is 3.07. The molecule has 0 saturated heterocycles. The molecule has 0 radical (unpaired) electrons. The van der Waals surface area contributed by atoms with Gasteiger partial charge in [-0.3, -0.25) is 9.59 Å². The second-order valence-electron chi connectivity index (χ2n) is 7.53. The van der Waals surface area contributed by atoms with Crippen LogP contribution < -0.4 is 0 Å². The molecule has 0 bridgehead atoms. The molecule has 1 aromatic heterocycles. The zero-order valence-electron chi connectivity index (χ0n) is 17.0. The molecule has 29 heavy (non-hydrogen) atoms. The summed E-state index contributed by atoms with van der Waals surface area (Å²) in [6, 6.07) is 16.0. The molecule has 0 aliphatic carbocycles. The normalized spacial score (nSPS) is 13.4. The Bertz CT molecular complexity index is 1050. The number of carbonyl (C=O) groups excluding carboxylic acids is 2. The SMILES string of the molecule is CCCc1ccc(C(=O)N2CCc3c(n(CC(=O)OC)c4ccccc34)C2)cc1. The molecule has 2 heterocycles. The van der Waals surface area contributed by atoms with Crippen LogP contribution in [0.3, 0.4) is 0 Å². The van der Waals surface area contributed by atoms with E-state index in [1.807, 2.05) is 51.9 Å². The summed E-state index contributed by atoms with van der Waals surface area (Å²) in [5.74, 6) is -0.253. The van der Waals surface area contributed by atoms with Gasteiger partial charge in [0.25, 0.3) is 5.91 Å². The zero-order valence-corrected chi connectivity index (χ0v) is 17.0. The van der Waals surface area contributed by atoms with Gasteiger partial charge in [-0.1, -0.05) is 43.7 Å². The van der Waals surface area contributed by atoms with E-state index in [0.717, 1.165) is 35.9 Å². The Morgan fingerprint density at radius 3 is 2.55 bits per heavy atom. The summed E-state index contributed by atoms with van der Waals surface area (Å²) in [4.78, 5) is 27.0. The van der Waals surface area contributed by atoms with Crippen LogP contribution in [0.25, 0.3) is 10.9 Å². The summed E-state index contributed by atoms with van der Waals surface area (Å²) in [5.41, 5.74) is 5.24. The second-order valence-corrected chi connectivity index (χ2v) is 7.53. The van der Waals surface area contributed by atoms with Crippen molar-refractivity contribution in [1.29, 1.82) is 0 Å². The highest BCUT2D eigenvalue weighted by Gasteiger charge is 2.27. The van der Waals surface area contributed by atoms with Gasteiger partial charge in [-0.25, -0.2) is 0 Å². The Morgan fingerprint density at radius 1 is 1.07 bits per heavy atom. The third-order valence-electron chi connectivity index (χ3n) is 5.71. The summed E-state index contributed by atoms with van der Waals surface area (Å²) in [5, 5.41) is 1.16. The lowest BCUT2D eigenvalue weighted by Gasteiger charge is -2.28. The van der Waals surface area contributed by atoms with Crippen LogP contribution in [-0.2, 0) is 35.5 Å². The first kappa shape index (κ1) is 19.2. The van der Waals surface area contributed by atoms with Gasteiger partial charge >= 0.3 is 5.97 Å². The number of esters is 1. The van der Waals surface area contributed by atoms with Crippen LogP contribution in [0.4, 0.5) is 0 Å². The molecule has 2 aromatic carbocycles. The number of hydrogen-bond acceptors (Lipinski definition) is 3. The van der Waals surface area contributed by atoms with E-state index in [0.29, 0.717) is 18.7 Å². The highest BCUT2D eigenvalue weighted by Crippen LogP contribution is 2.31. The number of rotatable bonds is 5. The number of amides is 1. The topological polar surface area (TPSA) is 51.5 Å². The molecule has 5 heteroatoms. The van der Waals surface area contributed by atoms with Crippen molar-refractivity contribution in [1.82, 2.24) is 9.47 Å². The number of fused-ring (bicyclic) bond motifs is 3. The summed E-state index contributed by atoms with van der Waals surface area (Å²) < 4.78 is 6.90. The Balaban J connectivity index is 1.65. The van der Waals surface area contributed by atoms with Crippen LogP contribution in [-0.4, -0.2) is 35.0 Å². The van der Waals surface area contributed by atoms with Crippen molar-refractivity contribution >= 4 is 22.8 Å². The minimum Gasteiger partial charge on any atom is -0.468 e. The Morgan fingerprint density at radius 2 is 1.83 bits per heavy atom. The summed E-state index contributed by atoms with van der Waals surface area (Å²) in [6.07, 6.45) is 2.89. The largest absolute Gasteiger partial charge is 0.468 e. The maximum atomic E-state index is 13.1. The number of hydrogen-bond donors (Lipinski definition) is 0. The molecule has 0 N–H and O–H groups in total. The van der Waals surface area contributed by atoms with Gasteiger partial charge in [0.2, 0.25) is 0 Å². The molecule has 0 atom stereocenters. The van der Waals surface area contributed by atoms with Gasteiger partial charge in [-0.15, -0.1) is 0 Å². The molecule has 0 saturated carbocycles. The molecule has 1 aliphatic heterocycles. The van der Waals surface area contributed by atoms with Gasteiger partial charge in [0.15, 0.2) is 0 Å². The Labute approximate surface area is 170 Å². The molecule has 3 aromatic rings. The molecule has 5 nitrogen and oxygen atoms in total. The third-order valence-corrected chi connectivity index (χ3v) is 5.71. The van der Waals surface area contributed by atoms with Gasteiger partial charge in [0.1, 0.15) is 6.54 Å². The van der Waals surface area contributed by atoms with E-state index >= 15 is 0 Å². The first-order valence-corrected chi connectivity index (χ1v) is 10.2. The first-order valence-electron chi connectivity index (χ1n) is 10.2. The van der Waals surface area contributed by atoms with Crippen molar-refractivity contribution in [3.05, 3.63) is 70.9 Å². The average molecular weight is 390 g/mol. The molecular formula is C24H26N2O3. The molecule has 150 valence electrons. The standard InChI is InChI=1S/C24H26N2O3/c1-3-6-17-9-11-18(12-10-17)24(28)25-14-13-20-19-7-4-5-8-21(19)26(22(20)15-25)16-23(27)29-2/h4-5,7-12H,3,6,13-16H2,1-2H3. The van der Waals surface area contributed by atoms with Crippen molar-refractivity contribution in [2.24, 2.45) is 0 Å². The Kier molecular flexibility index (Phi) is 5.38. The van der Waals surface area contributed by atoms with Crippen LogP contribution in [0.15, 0.2) is 48.5 Å². The number of aryl methyl sites for hydroxylation is 1. The van der Waals surface area contributed by atoms with Crippen molar-refractivity contribution in [3.63, 3.8) is 0 Å². The second kappa shape index (κ2) is 8.11. The molecule has 0 fully saturated rings. The number of ether oxygens (including phenoxy) is 1. The number of para-hydroxylation sites is 1. The molecule has 1 amide bonds. The smallest absolute Gasteiger partial charge is 0.325 e. The monoisotopic (exact) mass is 390 g/mol. The Hall–Kier alpha value is -3.08. The van der Waals surface area contributed by atoms with Gasteiger partial charge < -0.3 is 14.2 Å². The van der Waals surface area contributed by atoms with E-state index < -0.39 is 0 Å². The van der Waals surface area contributed by atoms with Crippen LogP contribution >= 0.6 is 0 Å². The van der Waals surface area contributed by atoms with Gasteiger partial charge in [-0.05, 0) is 42.2 Å². The highest BCUT2D eigenvalue weighted by molar-refractivity contribution is 5.95. The van der Waals surface area contributed by atoms with Crippen molar-refractivity contribution in [2.75, 3.05) is 13.7 Å². The molecule has 0 spiro atoms. The fourth-order valence-corrected chi connectivity index (χ4v) is 4.23. The predicted molar refractivity (Wildman–Crippen MR) is 113 cm³/mol. The number of methoxy groups -OCH3 is 1. The zero-order chi connectivity index (χ0) is 20.4. The lowest BCUT2D eigenvalue weighted by atomic mass is 10.0. The summed E-state index contributed by atoms with van der Waals surface area (Å²) >= 11 is 0. The van der Waals surface area contributed by atoms with Crippen molar-refractivity contribution in [2.45, 2.75) is 39.3 Å². The lowest BCUT2D eigenvalue weighted by Crippen LogP contribution is -2.37. The van der Waals surface area contributed by atoms with E-state index in [9.17, 15) is 9.59 Å². The van der Waals surface area contributed by atoms with E-state index in [2.05, 4.69) is 13.0 Å². The van der Waals surface area contributed by atoms with Crippen molar-refractivity contribution in [3.8, 4) is 0 Å². The van der Waals surface area contributed by atoms with Gasteiger partial charge in [0, 0.05) is 28.7 Å². The third kappa shape index (κ3) is 3.65. The number of nitrogens with zero attached hydrogens (tertiary/aromatic N) is 2. The molecular weight excluding hydrogens is 364 g/mol. The van der Waals surface area contributed by atoms with E-state index in [-0.39, 0.29) is 18.4 Å². The van der Waals surface area contributed by atoms with E-state index in [1.165, 1.54) is 18.2 Å². The quantitative estimate of drug-likeness (QED) is 0.620. The van der Waals surface area contributed by atoms with Gasteiger partial charge in [-0.2, -0.15) is 0 Å². The molecule has 4 rings (SSSR count). The number of carbonyl (C=O) groups is 2. The van der Waals surface area contributed by atoms with Gasteiger partial charge in [0.05, 0.1) is 13.7 Å². The number of benzene rings is 2. The van der Waals surface area contributed by atoms with Crippen LogP contribution in [0.1, 0.15) is 40.5 Å². The molecule has 1 aliphatic rings. The highest BCUT2D eigenvalue weighted by atomic mass is 16.5. The summed E-state index contributed by atoms with van der Waals surface area (Å²) in [7, 11) is 1.40. The summed E-state index contributed by atoms with van der Waals surface area (Å²) in [6.45, 7) is 3.48. The van der Waals surface area contributed by atoms with Crippen LogP contribution in [0.2, 0.25) is 0 Å². The van der Waals surface area contributed by atoms with Crippen LogP contribution in [0, 0.1) is 0 Å². The first-order chi connectivity index (χ1) is 14.1. The maximum Gasteiger partial charge on any atom is 0.325 e. The number of aromatic nitrogens is 1. The minimum absolute atomic E-state index is 0.0357. The minimum atomic E-state index is -0.288. The maximum absolute atomic E-state index is 13.1. The molecule has 0 unspecified atom stereocenters. The fraction of sp³-hybridized carbons (Fsp3) is 0.333. The van der Waals surface area contributed by atoms with E-state index in [4.69, 9.17) is 4.74 Å². The van der Waals surface area contributed by atoms with Crippen LogP contribution in [0.5, 0.6) is 0 Å². The predicted octanol–water partition coefficient (Wildman–Crippen LogP) is 3.97. The van der Waals surface area contributed by atoms with E-state index in [1.54, 1.807) is 0 Å². The lowest BCUT2D eigenvalue weighted by molar-refractivity contribution is -0.141. The van der Waals surface area contributed by atoms with Crippen molar-refractivity contribution < 1.29 is 14.3 Å². The fourth-order valence-electron chi connectivity index (χ4n) is 4.23.